The van der Waals surface area contributed by atoms with E-state index in [9.17, 15) is 0 Å². The molecule has 2 unspecified atom stereocenters. The fraction of sp³-hybridized carbons (Fsp3) is 0.824. The zero-order valence-corrected chi connectivity index (χ0v) is 18.2. The summed E-state index contributed by atoms with van der Waals surface area (Å²) in [5, 5.41) is 15.5. The first-order chi connectivity index (χ1) is 11.6. The Hall–Kier alpha value is -0.900. The van der Waals surface area contributed by atoms with Crippen molar-refractivity contribution in [1.82, 2.24) is 30.3 Å². The van der Waals surface area contributed by atoms with Crippen LogP contribution < -0.4 is 10.6 Å². The topological polar surface area (TPSA) is 70.4 Å². The van der Waals surface area contributed by atoms with Crippen molar-refractivity contribution >= 4 is 29.9 Å². The lowest BCUT2D eigenvalue weighted by Crippen LogP contribution is -2.46. The Labute approximate surface area is 168 Å². The largest absolute Gasteiger partial charge is 0.357 e. The number of rotatable bonds is 5. The lowest BCUT2D eigenvalue weighted by molar-refractivity contribution is 0.265. The van der Waals surface area contributed by atoms with E-state index in [0.717, 1.165) is 50.2 Å². The molecule has 25 heavy (non-hydrogen) atoms. The van der Waals surface area contributed by atoms with Gasteiger partial charge in [-0.3, -0.25) is 4.90 Å². The zero-order chi connectivity index (χ0) is 17.1. The highest BCUT2D eigenvalue weighted by atomic mass is 127. The van der Waals surface area contributed by atoms with Crippen molar-refractivity contribution < 1.29 is 0 Å². The Balaban J connectivity index is 0.00000225. The lowest BCUT2D eigenvalue weighted by atomic mass is 10.1. The molecule has 8 heteroatoms. The summed E-state index contributed by atoms with van der Waals surface area (Å²) < 4.78 is 2.21. The van der Waals surface area contributed by atoms with Crippen LogP contribution in [0.4, 0.5) is 0 Å². The third kappa shape index (κ3) is 4.84. The van der Waals surface area contributed by atoms with Crippen LogP contribution in [0.15, 0.2) is 4.99 Å². The second-order valence-corrected chi connectivity index (χ2v) is 7.26. The molecule has 142 valence electrons. The number of nitrogens with one attached hydrogen (secondary N) is 2. The Kier molecular flexibility index (Phi) is 7.48. The molecule has 1 aromatic heterocycles. The Morgan fingerprint density at radius 2 is 2.12 bits per heavy atom. The molecule has 2 aliphatic rings. The highest BCUT2D eigenvalue weighted by Gasteiger charge is 2.31. The standard InChI is InChI=1S/C17H31N7.HI/c1-5-18-17(20-14-11-23(12(2)3)10-13(14)4)19-9-16-22-21-15-7-6-8-24(15)16;/h12-14H,5-11H2,1-4H3,(H2,18,19,20);1H. The number of fused-ring (bicyclic) bond motifs is 1. The van der Waals surface area contributed by atoms with E-state index in [1.807, 2.05) is 0 Å². The van der Waals surface area contributed by atoms with Gasteiger partial charge in [-0.05, 0) is 33.1 Å². The smallest absolute Gasteiger partial charge is 0.191 e. The molecule has 0 aliphatic carbocycles. The van der Waals surface area contributed by atoms with Gasteiger partial charge in [-0.15, -0.1) is 34.2 Å². The summed E-state index contributed by atoms with van der Waals surface area (Å²) in [5.41, 5.74) is 0. The van der Waals surface area contributed by atoms with Gasteiger partial charge in [-0.25, -0.2) is 4.99 Å². The van der Waals surface area contributed by atoms with Crippen LogP contribution >= 0.6 is 24.0 Å². The number of aromatic nitrogens is 3. The predicted octanol–water partition coefficient (Wildman–Crippen LogP) is 1.63. The maximum atomic E-state index is 4.75. The summed E-state index contributed by atoms with van der Waals surface area (Å²) >= 11 is 0. The molecule has 3 rings (SSSR count). The minimum absolute atomic E-state index is 0. The minimum atomic E-state index is 0. The number of hydrogen-bond donors (Lipinski definition) is 2. The number of hydrogen-bond acceptors (Lipinski definition) is 4. The highest BCUT2D eigenvalue weighted by molar-refractivity contribution is 14.0. The first-order valence-electron chi connectivity index (χ1n) is 9.28. The number of likely N-dealkylation sites (tertiary alicyclic amines) is 1. The second kappa shape index (κ2) is 9.16. The van der Waals surface area contributed by atoms with Crippen LogP contribution in [0, 0.1) is 5.92 Å². The Bertz CT molecular complexity index is 584. The van der Waals surface area contributed by atoms with Gasteiger partial charge in [-0.1, -0.05) is 6.92 Å². The van der Waals surface area contributed by atoms with Gasteiger partial charge < -0.3 is 15.2 Å². The van der Waals surface area contributed by atoms with E-state index in [-0.39, 0.29) is 24.0 Å². The molecule has 3 heterocycles. The quantitative estimate of drug-likeness (QED) is 0.396. The van der Waals surface area contributed by atoms with Crippen molar-refractivity contribution in [1.29, 1.82) is 0 Å². The maximum Gasteiger partial charge on any atom is 0.191 e. The van der Waals surface area contributed by atoms with Crippen LogP contribution in [0.25, 0.3) is 0 Å². The lowest BCUT2D eigenvalue weighted by Gasteiger charge is -2.21. The molecule has 0 aromatic carbocycles. The summed E-state index contributed by atoms with van der Waals surface area (Å²) in [5.74, 6) is 3.59. The second-order valence-electron chi connectivity index (χ2n) is 7.26. The number of aliphatic imine (C=N–C) groups is 1. The Morgan fingerprint density at radius 3 is 2.80 bits per heavy atom. The fourth-order valence-electron chi connectivity index (χ4n) is 3.59. The monoisotopic (exact) mass is 461 g/mol. The Morgan fingerprint density at radius 1 is 1.32 bits per heavy atom. The summed E-state index contributed by atoms with van der Waals surface area (Å²) in [7, 11) is 0. The average molecular weight is 461 g/mol. The van der Waals surface area contributed by atoms with Gasteiger partial charge in [0.1, 0.15) is 12.4 Å². The molecule has 1 saturated heterocycles. The molecule has 0 saturated carbocycles. The zero-order valence-electron chi connectivity index (χ0n) is 15.8. The first kappa shape index (κ1) is 20.4. The van der Waals surface area contributed by atoms with Crippen molar-refractivity contribution in [2.45, 2.75) is 65.7 Å². The molecule has 2 atom stereocenters. The maximum absolute atomic E-state index is 4.75. The third-order valence-electron chi connectivity index (χ3n) is 5.10. The number of aryl methyl sites for hydroxylation is 1. The molecule has 1 fully saturated rings. The molecule has 2 aliphatic heterocycles. The summed E-state index contributed by atoms with van der Waals surface area (Å²) in [6.45, 7) is 13.6. The fourth-order valence-corrected chi connectivity index (χ4v) is 3.59. The van der Waals surface area contributed by atoms with Gasteiger partial charge in [0.15, 0.2) is 11.8 Å². The van der Waals surface area contributed by atoms with Gasteiger partial charge in [-0.2, -0.15) is 0 Å². The van der Waals surface area contributed by atoms with Crippen molar-refractivity contribution in [3.63, 3.8) is 0 Å². The molecule has 0 amide bonds. The molecule has 1 aromatic rings. The summed E-state index contributed by atoms with van der Waals surface area (Å²) in [4.78, 5) is 7.28. The van der Waals surface area contributed by atoms with Gasteiger partial charge >= 0.3 is 0 Å². The summed E-state index contributed by atoms with van der Waals surface area (Å²) in [6, 6.07) is 1.03. The van der Waals surface area contributed by atoms with Crippen LogP contribution in [0.3, 0.4) is 0 Å². The molecule has 0 bridgehead atoms. The highest BCUT2D eigenvalue weighted by Crippen LogP contribution is 2.19. The van der Waals surface area contributed by atoms with Gasteiger partial charge in [0.2, 0.25) is 0 Å². The SMILES string of the molecule is CCNC(=NCc1nnc2n1CCC2)NC1CN(C(C)C)CC1C.I. The van der Waals surface area contributed by atoms with Crippen LogP contribution in [0.1, 0.15) is 45.8 Å². The summed E-state index contributed by atoms with van der Waals surface area (Å²) in [6.07, 6.45) is 2.21. The molecule has 2 N–H and O–H groups in total. The number of nitrogens with zero attached hydrogens (tertiary/aromatic N) is 5. The number of halogens is 1. The molecular weight excluding hydrogens is 429 g/mol. The van der Waals surface area contributed by atoms with E-state index in [1.165, 1.54) is 6.42 Å². The van der Waals surface area contributed by atoms with E-state index in [2.05, 4.69) is 58.0 Å². The third-order valence-corrected chi connectivity index (χ3v) is 5.10. The van der Waals surface area contributed by atoms with E-state index >= 15 is 0 Å². The van der Waals surface area contributed by atoms with Crippen molar-refractivity contribution in [3.8, 4) is 0 Å². The van der Waals surface area contributed by atoms with Crippen LogP contribution in [0.2, 0.25) is 0 Å². The van der Waals surface area contributed by atoms with Gasteiger partial charge in [0, 0.05) is 44.7 Å². The average Bonchev–Trinajstić information content (AvgIpc) is 3.22. The van der Waals surface area contributed by atoms with Crippen LogP contribution in [-0.2, 0) is 19.5 Å². The van der Waals surface area contributed by atoms with E-state index in [4.69, 9.17) is 4.99 Å². The van der Waals surface area contributed by atoms with Crippen molar-refractivity contribution in [2.75, 3.05) is 19.6 Å². The van der Waals surface area contributed by atoms with Crippen LogP contribution in [-0.4, -0.2) is 57.3 Å². The molecule has 0 radical (unpaired) electrons. The van der Waals surface area contributed by atoms with E-state index in [1.54, 1.807) is 0 Å². The van der Waals surface area contributed by atoms with E-state index in [0.29, 0.717) is 24.5 Å². The molecule has 0 spiro atoms. The first-order valence-corrected chi connectivity index (χ1v) is 9.28. The molecular formula is C17H32IN7. The van der Waals surface area contributed by atoms with Crippen molar-refractivity contribution in [3.05, 3.63) is 11.6 Å². The van der Waals surface area contributed by atoms with Gasteiger partial charge in [0.05, 0.1) is 0 Å². The predicted molar refractivity (Wildman–Crippen MR) is 111 cm³/mol. The van der Waals surface area contributed by atoms with Crippen LogP contribution in [0.5, 0.6) is 0 Å². The normalized spacial score (nSPS) is 23.6. The van der Waals surface area contributed by atoms with Gasteiger partial charge in [0.25, 0.3) is 0 Å². The number of guanidine groups is 1. The van der Waals surface area contributed by atoms with E-state index < -0.39 is 0 Å². The minimum Gasteiger partial charge on any atom is -0.357 e. The molecule has 7 nitrogen and oxygen atoms in total. The van der Waals surface area contributed by atoms with Crippen molar-refractivity contribution in [2.24, 2.45) is 10.9 Å².